The highest BCUT2D eigenvalue weighted by Crippen LogP contribution is 2.18. The van der Waals surface area contributed by atoms with Gasteiger partial charge in [-0.05, 0) is 12.3 Å². The third-order valence-electron chi connectivity index (χ3n) is 2.10. The van der Waals surface area contributed by atoms with E-state index in [1.54, 1.807) is 7.05 Å². The molecule has 0 radical (unpaired) electrons. The Labute approximate surface area is 101 Å². The molecule has 5 nitrogen and oxygen atoms in total. The summed E-state index contributed by atoms with van der Waals surface area (Å²) in [6.45, 7) is 4.46. The summed E-state index contributed by atoms with van der Waals surface area (Å²) in [5.74, 6) is 0.446. The quantitative estimate of drug-likeness (QED) is 0.875. The minimum atomic E-state index is -3.58. The Bertz CT molecular complexity index is 453. The zero-order chi connectivity index (χ0) is 12.3. The average molecular weight is 266 g/mol. The van der Waals surface area contributed by atoms with E-state index in [1.807, 2.05) is 13.8 Å². The monoisotopic (exact) mass is 265 g/mol. The Morgan fingerprint density at radius 2 is 2.19 bits per heavy atom. The fourth-order valence-corrected chi connectivity index (χ4v) is 2.60. The minimum Gasteiger partial charge on any atom is -0.324 e. The van der Waals surface area contributed by atoms with Gasteiger partial charge in [-0.15, -0.1) is 0 Å². The molecule has 1 rings (SSSR count). The summed E-state index contributed by atoms with van der Waals surface area (Å²) in [4.78, 5) is 3.77. The van der Waals surface area contributed by atoms with E-state index in [4.69, 9.17) is 11.6 Å². The molecule has 0 bridgehead atoms. The van der Waals surface area contributed by atoms with E-state index in [0.717, 1.165) is 6.42 Å². The first-order chi connectivity index (χ1) is 7.34. The van der Waals surface area contributed by atoms with Crippen molar-refractivity contribution < 1.29 is 8.42 Å². The lowest BCUT2D eigenvalue weighted by Gasteiger charge is -2.06. The zero-order valence-electron chi connectivity index (χ0n) is 9.57. The molecule has 1 heterocycles. The molecule has 0 aliphatic carbocycles. The maximum Gasteiger partial charge on any atom is 0.261 e. The van der Waals surface area contributed by atoms with Crippen molar-refractivity contribution in [2.24, 2.45) is 13.0 Å². The lowest BCUT2D eigenvalue weighted by molar-refractivity contribution is 0.549. The average Bonchev–Trinajstić information content (AvgIpc) is 2.47. The van der Waals surface area contributed by atoms with Crippen LogP contribution in [0.2, 0.25) is 5.15 Å². The van der Waals surface area contributed by atoms with Gasteiger partial charge in [-0.1, -0.05) is 25.4 Å². The molecule has 0 fully saturated rings. The molecule has 1 aromatic heterocycles. The normalized spacial score (nSPS) is 12.3. The summed E-state index contributed by atoms with van der Waals surface area (Å²) in [5.41, 5.74) is 0. The van der Waals surface area contributed by atoms with Crippen molar-refractivity contribution in [2.45, 2.75) is 25.3 Å². The summed E-state index contributed by atoms with van der Waals surface area (Å²) in [7, 11) is -1.94. The second-order valence-electron chi connectivity index (χ2n) is 4.03. The molecule has 7 heteroatoms. The molecular weight excluding hydrogens is 250 g/mol. The predicted octanol–water partition coefficient (Wildman–Crippen LogP) is 1.40. The number of aryl methyl sites for hydroxylation is 1. The van der Waals surface area contributed by atoms with Gasteiger partial charge in [-0.25, -0.2) is 18.1 Å². The number of hydrogen-bond acceptors (Lipinski definition) is 3. The number of nitrogens with one attached hydrogen (secondary N) is 1. The third-order valence-corrected chi connectivity index (χ3v) is 4.05. The minimum absolute atomic E-state index is 0.111. The van der Waals surface area contributed by atoms with Crippen molar-refractivity contribution in [3.05, 3.63) is 11.5 Å². The van der Waals surface area contributed by atoms with Gasteiger partial charge in [0, 0.05) is 13.6 Å². The van der Waals surface area contributed by atoms with Gasteiger partial charge in [0.1, 0.15) is 5.15 Å². The van der Waals surface area contributed by atoms with Crippen LogP contribution in [0.15, 0.2) is 11.4 Å². The van der Waals surface area contributed by atoms with Crippen LogP contribution >= 0.6 is 11.6 Å². The number of halogens is 1. The van der Waals surface area contributed by atoms with Gasteiger partial charge in [0.25, 0.3) is 10.0 Å². The molecule has 1 aromatic rings. The van der Waals surface area contributed by atoms with E-state index >= 15 is 0 Å². The number of imidazole rings is 1. The van der Waals surface area contributed by atoms with Gasteiger partial charge in [-0.2, -0.15) is 0 Å². The Balaban J connectivity index is 2.75. The van der Waals surface area contributed by atoms with Gasteiger partial charge >= 0.3 is 0 Å². The fourth-order valence-electron chi connectivity index (χ4n) is 1.12. The van der Waals surface area contributed by atoms with Crippen LogP contribution in [0.5, 0.6) is 0 Å². The highest BCUT2D eigenvalue weighted by atomic mass is 35.5. The highest BCUT2D eigenvalue weighted by molar-refractivity contribution is 7.89. The van der Waals surface area contributed by atoms with E-state index in [9.17, 15) is 8.42 Å². The van der Waals surface area contributed by atoms with E-state index in [0.29, 0.717) is 12.5 Å². The van der Waals surface area contributed by atoms with Crippen molar-refractivity contribution in [1.29, 1.82) is 0 Å². The molecule has 0 aliphatic rings. The Morgan fingerprint density at radius 3 is 2.62 bits per heavy atom. The molecular formula is C9H16ClN3O2S. The molecule has 0 aromatic carbocycles. The highest BCUT2D eigenvalue weighted by Gasteiger charge is 2.21. The van der Waals surface area contributed by atoms with E-state index in [1.165, 1.54) is 10.9 Å². The van der Waals surface area contributed by atoms with Crippen LogP contribution in [0.25, 0.3) is 0 Å². The van der Waals surface area contributed by atoms with E-state index < -0.39 is 10.0 Å². The Morgan fingerprint density at radius 1 is 1.56 bits per heavy atom. The summed E-state index contributed by atoms with van der Waals surface area (Å²) in [5, 5.41) is 0.0115. The van der Waals surface area contributed by atoms with Gasteiger partial charge in [-0.3, -0.25) is 0 Å². The molecule has 0 saturated heterocycles. The second-order valence-corrected chi connectivity index (χ2v) is 6.07. The number of nitrogens with zero attached hydrogens (tertiary/aromatic N) is 2. The van der Waals surface area contributed by atoms with Crippen molar-refractivity contribution >= 4 is 21.6 Å². The topological polar surface area (TPSA) is 64.0 Å². The molecule has 1 N–H and O–H groups in total. The first kappa shape index (κ1) is 13.5. The lowest BCUT2D eigenvalue weighted by Crippen LogP contribution is -2.26. The van der Waals surface area contributed by atoms with Crippen LogP contribution in [-0.2, 0) is 17.1 Å². The second kappa shape index (κ2) is 5.16. The van der Waals surface area contributed by atoms with Crippen LogP contribution in [0.4, 0.5) is 0 Å². The van der Waals surface area contributed by atoms with Crippen LogP contribution in [0.3, 0.4) is 0 Å². The molecule has 0 amide bonds. The molecule has 92 valence electrons. The molecule has 0 spiro atoms. The standard InChI is InChI=1S/C9H16ClN3O2S/c1-7(2)4-5-12-16(14,15)9-8(10)13(3)6-11-9/h6-7,12H,4-5H2,1-3H3. The van der Waals surface area contributed by atoms with Crippen molar-refractivity contribution in [1.82, 2.24) is 14.3 Å². The summed E-state index contributed by atoms with van der Waals surface area (Å²) in [6, 6.07) is 0. The fraction of sp³-hybridized carbons (Fsp3) is 0.667. The number of aromatic nitrogens is 2. The van der Waals surface area contributed by atoms with Crippen LogP contribution in [0.1, 0.15) is 20.3 Å². The molecule has 16 heavy (non-hydrogen) atoms. The van der Waals surface area contributed by atoms with E-state index in [-0.39, 0.29) is 10.2 Å². The molecule has 0 saturated carbocycles. The summed E-state index contributed by atoms with van der Waals surface area (Å²) in [6.07, 6.45) is 2.16. The van der Waals surface area contributed by atoms with Crippen LogP contribution < -0.4 is 4.72 Å². The zero-order valence-corrected chi connectivity index (χ0v) is 11.1. The smallest absolute Gasteiger partial charge is 0.261 e. The number of rotatable bonds is 5. The van der Waals surface area contributed by atoms with E-state index in [2.05, 4.69) is 9.71 Å². The summed E-state index contributed by atoms with van der Waals surface area (Å²) < 4.78 is 27.5. The van der Waals surface area contributed by atoms with Crippen molar-refractivity contribution in [3.8, 4) is 0 Å². The van der Waals surface area contributed by atoms with Gasteiger partial charge in [0.15, 0.2) is 0 Å². The van der Waals surface area contributed by atoms with Crippen LogP contribution in [-0.4, -0.2) is 24.5 Å². The largest absolute Gasteiger partial charge is 0.324 e. The first-order valence-electron chi connectivity index (χ1n) is 5.01. The van der Waals surface area contributed by atoms with Gasteiger partial charge < -0.3 is 4.57 Å². The van der Waals surface area contributed by atoms with Crippen molar-refractivity contribution in [2.75, 3.05) is 6.54 Å². The number of hydrogen-bond donors (Lipinski definition) is 1. The maximum absolute atomic E-state index is 11.8. The Kier molecular flexibility index (Phi) is 4.35. The summed E-state index contributed by atoms with van der Waals surface area (Å²) >= 11 is 5.82. The predicted molar refractivity (Wildman–Crippen MR) is 62.9 cm³/mol. The van der Waals surface area contributed by atoms with Gasteiger partial charge in [0.2, 0.25) is 5.03 Å². The number of sulfonamides is 1. The SMILES string of the molecule is CC(C)CCNS(=O)(=O)c1ncn(C)c1Cl. The van der Waals surface area contributed by atoms with Crippen molar-refractivity contribution in [3.63, 3.8) is 0 Å². The van der Waals surface area contributed by atoms with Gasteiger partial charge in [0.05, 0.1) is 6.33 Å². The van der Waals surface area contributed by atoms with Crippen LogP contribution in [0, 0.1) is 5.92 Å². The Hall–Kier alpha value is -0.590. The maximum atomic E-state index is 11.8. The lowest BCUT2D eigenvalue weighted by atomic mass is 10.1. The third kappa shape index (κ3) is 3.20. The first-order valence-corrected chi connectivity index (χ1v) is 6.87. The molecule has 0 atom stereocenters. The molecule has 0 aliphatic heterocycles. The molecule has 0 unspecified atom stereocenters.